The maximum absolute atomic E-state index is 12.3. The number of thioether (sulfide) groups is 1. The van der Waals surface area contributed by atoms with Crippen LogP contribution >= 0.6 is 11.8 Å². The number of nitrogens with zero attached hydrogens (tertiary/aromatic N) is 2. The van der Waals surface area contributed by atoms with Crippen LogP contribution in [0.3, 0.4) is 0 Å². The molecule has 0 bridgehead atoms. The number of benzene rings is 1. The fourth-order valence-electron chi connectivity index (χ4n) is 2.51. The first-order valence-corrected chi connectivity index (χ1v) is 8.24. The van der Waals surface area contributed by atoms with Gasteiger partial charge in [-0.2, -0.15) is 5.10 Å². The van der Waals surface area contributed by atoms with Crippen LogP contribution in [0.25, 0.3) is 0 Å². The van der Waals surface area contributed by atoms with Crippen molar-refractivity contribution in [3.8, 4) is 0 Å². The van der Waals surface area contributed by atoms with E-state index in [2.05, 4.69) is 22.3 Å². The van der Waals surface area contributed by atoms with Crippen molar-refractivity contribution in [3.05, 3.63) is 58.5 Å². The number of hydrogen-bond donors (Lipinski definition) is 1. The first-order chi connectivity index (χ1) is 10.7. The van der Waals surface area contributed by atoms with Gasteiger partial charge in [-0.15, -0.1) is 11.8 Å². The molecule has 1 aliphatic rings. The van der Waals surface area contributed by atoms with Crippen LogP contribution in [0, 0.1) is 5.92 Å². The van der Waals surface area contributed by atoms with Crippen LogP contribution in [0.5, 0.6) is 0 Å². The third kappa shape index (κ3) is 3.57. The molecule has 0 saturated carbocycles. The molecule has 1 saturated heterocycles. The molecule has 0 spiro atoms. The average Bonchev–Trinajstić information content (AvgIpc) is 3.03. The van der Waals surface area contributed by atoms with E-state index in [9.17, 15) is 9.59 Å². The number of carbonyl (C=O) groups excluding carboxylic acids is 1. The van der Waals surface area contributed by atoms with E-state index < -0.39 is 0 Å². The minimum atomic E-state index is -0.296. The lowest BCUT2D eigenvalue weighted by Crippen LogP contribution is -2.30. The summed E-state index contributed by atoms with van der Waals surface area (Å²) < 4.78 is 0. The van der Waals surface area contributed by atoms with Crippen LogP contribution in [-0.2, 0) is 0 Å². The van der Waals surface area contributed by atoms with Crippen LogP contribution in [0.1, 0.15) is 16.9 Å². The van der Waals surface area contributed by atoms with Crippen molar-refractivity contribution >= 4 is 17.7 Å². The van der Waals surface area contributed by atoms with Gasteiger partial charge in [-0.25, -0.2) is 5.10 Å². The lowest BCUT2D eigenvalue weighted by Gasteiger charge is -2.15. The highest BCUT2D eigenvalue weighted by Gasteiger charge is 2.27. The highest BCUT2D eigenvalue weighted by Crippen LogP contribution is 2.26. The second-order valence-electron chi connectivity index (χ2n) is 5.34. The van der Waals surface area contributed by atoms with E-state index in [1.807, 2.05) is 34.9 Å². The average molecular weight is 315 g/mol. The molecule has 1 amide bonds. The molecule has 0 radical (unpaired) electrons. The fraction of sp³-hybridized carbons (Fsp3) is 0.312. The van der Waals surface area contributed by atoms with Gasteiger partial charge in [0.15, 0.2) is 0 Å². The summed E-state index contributed by atoms with van der Waals surface area (Å²) in [4.78, 5) is 26.4. The number of aromatic amines is 1. The van der Waals surface area contributed by atoms with Crippen molar-refractivity contribution in [1.29, 1.82) is 0 Å². The van der Waals surface area contributed by atoms with E-state index in [0.717, 1.165) is 25.3 Å². The molecule has 0 unspecified atom stereocenters. The Morgan fingerprint density at radius 1 is 1.27 bits per heavy atom. The van der Waals surface area contributed by atoms with Crippen molar-refractivity contribution in [2.24, 2.45) is 5.92 Å². The van der Waals surface area contributed by atoms with Gasteiger partial charge in [0.1, 0.15) is 5.69 Å². The Hall–Kier alpha value is -2.08. The van der Waals surface area contributed by atoms with Crippen molar-refractivity contribution in [3.63, 3.8) is 0 Å². The standard InChI is InChI=1S/C16H17N3O2S/c20-15-7-6-14(17-18-15)16(21)19-9-8-12(10-19)11-22-13-4-2-1-3-5-13/h1-7,12H,8-11H2,(H,18,20)/t12-/m1/s1. The van der Waals surface area contributed by atoms with E-state index in [1.54, 1.807) is 0 Å². The number of amides is 1. The molecule has 6 heteroatoms. The first kappa shape index (κ1) is 14.8. The van der Waals surface area contributed by atoms with Gasteiger partial charge in [-0.1, -0.05) is 18.2 Å². The summed E-state index contributed by atoms with van der Waals surface area (Å²) in [6.07, 6.45) is 1.01. The van der Waals surface area contributed by atoms with Gasteiger partial charge in [0, 0.05) is 29.8 Å². The third-order valence-corrected chi connectivity index (χ3v) is 4.94. The Labute approximate surface area is 132 Å². The number of hydrogen-bond acceptors (Lipinski definition) is 4. The van der Waals surface area contributed by atoms with E-state index in [-0.39, 0.29) is 11.5 Å². The molecule has 1 aromatic heterocycles. The molecular formula is C16H17N3O2S. The lowest BCUT2D eigenvalue weighted by atomic mass is 10.2. The number of carbonyl (C=O) groups is 1. The van der Waals surface area contributed by atoms with Crippen molar-refractivity contribution < 1.29 is 4.79 Å². The summed E-state index contributed by atoms with van der Waals surface area (Å²) in [5.41, 5.74) is 0.00562. The molecule has 0 aliphatic carbocycles. The highest BCUT2D eigenvalue weighted by atomic mass is 32.2. The van der Waals surface area contributed by atoms with Gasteiger partial charge in [-0.3, -0.25) is 9.59 Å². The summed E-state index contributed by atoms with van der Waals surface area (Å²) in [5.74, 6) is 1.40. The third-order valence-electron chi connectivity index (χ3n) is 3.70. The molecule has 1 aliphatic heterocycles. The number of rotatable bonds is 4. The predicted molar refractivity (Wildman–Crippen MR) is 86.0 cm³/mol. The van der Waals surface area contributed by atoms with Gasteiger partial charge < -0.3 is 4.90 Å². The molecule has 5 nitrogen and oxygen atoms in total. The number of nitrogens with one attached hydrogen (secondary N) is 1. The largest absolute Gasteiger partial charge is 0.337 e. The zero-order valence-electron chi connectivity index (χ0n) is 12.1. The van der Waals surface area contributed by atoms with Gasteiger partial charge in [-0.05, 0) is 30.5 Å². The first-order valence-electron chi connectivity index (χ1n) is 7.25. The predicted octanol–water partition coefficient (Wildman–Crippen LogP) is 2.02. The van der Waals surface area contributed by atoms with E-state index in [0.29, 0.717) is 11.6 Å². The Morgan fingerprint density at radius 3 is 2.82 bits per heavy atom. The van der Waals surface area contributed by atoms with E-state index >= 15 is 0 Å². The van der Waals surface area contributed by atoms with Crippen LogP contribution in [-0.4, -0.2) is 39.8 Å². The second kappa shape index (κ2) is 6.79. The maximum atomic E-state index is 12.3. The van der Waals surface area contributed by atoms with Crippen LogP contribution in [0.15, 0.2) is 52.2 Å². The van der Waals surface area contributed by atoms with Gasteiger partial charge >= 0.3 is 0 Å². The monoisotopic (exact) mass is 315 g/mol. The molecule has 2 heterocycles. The Morgan fingerprint density at radius 2 is 2.09 bits per heavy atom. The molecule has 1 fully saturated rings. The molecule has 3 rings (SSSR count). The Balaban J connectivity index is 1.54. The molecule has 114 valence electrons. The number of H-pyrrole nitrogens is 1. The Bertz CT molecular complexity index is 682. The van der Waals surface area contributed by atoms with Crippen molar-refractivity contribution in [2.45, 2.75) is 11.3 Å². The SMILES string of the molecule is O=C(c1ccc(=O)[nH]n1)N1CC[C@@H](CSc2ccccc2)C1. The van der Waals surface area contributed by atoms with Crippen molar-refractivity contribution in [2.75, 3.05) is 18.8 Å². The van der Waals surface area contributed by atoms with Crippen LogP contribution in [0.4, 0.5) is 0 Å². The van der Waals surface area contributed by atoms with Crippen molar-refractivity contribution in [1.82, 2.24) is 15.1 Å². The highest BCUT2D eigenvalue weighted by molar-refractivity contribution is 7.99. The van der Waals surface area contributed by atoms with Crippen LogP contribution in [0.2, 0.25) is 0 Å². The maximum Gasteiger partial charge on any atom is 0.274 e. The summed E-state index contributed by atoms with van der Waals surface area (Å²) in [5, 5.41) is 6.11. The molecule has 1 N–H and O–H groups in total. The minimum absolute atomic E-state index is 0.108. The molecule has 1 aromatic carbocycles. The van der Waals surface area contributed by atoms with Gasteiger partial charge in [0.2, 0.25) is 0 Å². The smallest absolute Gasteiger partial charge is 0.274 e. The van der Waals surface area contributed by atoms with Gasteiger partial charge in [0.05, 0.1) is 0 Å². The molecule has 2 aromatic rings. The van der Waals surface area contributed by atoms with E-state index in [1.165, 1.54) is 17.0 Å². The fourth-order valence-corrected chi connectivity index (χ4v) is 3.56. The summed E-state index contributed by atoms with van der Waals surface area (Å²) in [6.45, 7) is 1.50. The second-order valence-corrected chi connectivity index (χ2v) is 6.43. The summed E-state index contributed by atoms with van der Waals surface area (Å²) in [7, 11) is 0. The zero-order valence-corrected chi connectivity index (χ0v) is 12.9. The summed E-state index contributed by atoms with van der Waals surface area (Å²) in [6, 6.07) is 13.1. The lowest BCUT2D eigenvalue weighted by molar-refractivity contribution is 0.0781. The minimum Gasteiger partial charge on any atom is -0.337 e. The number of aromatic nitrogens is 2. The van der Waals surface area contributed by atoms with Gasteiger partial charge in [0.25, 0.3) is 11.5 Å². The molecular weight excluding hydrogens is 298 g/mol. The molecule has 1 atom stereocenters. The summed E-state index contributed by atoms with van der Waals surface area (Å²) >= 11 is 1.83. The zero-order chi connectivity index (χ0) is 15.4. The topological polar surface area (TPSA) is 66.1 Å². The molecule has 22 heavy (non-hydrogen) atoms. The van der Waals surface area contributed by atoms with E-state index in [4.69, 9.17) is 0 Å². The Kier molecular flexibility index (Phi) is 4.58. The quantitative estimate of drug-likeness (QED) is 0.877. The van der Waals surface area contributed by atoms with Crippen LogP contribution < -0.4 is 5.56 Å². The number of likely N-dealkylation sites (tertiary alicyclic amines) is 1. The normalized spacial score (nSPS) is 17.6.